The van der Waals surface area contributed by atoms with Gasteiger partial charge in [-0.3, -0.25) is 4.79 Å². The zero-order valence-corrected chi connectivity index (χ0v) is 15.1. The molecule has 0 radical (unpaired) electrons. The fourth-order valence-electron chi connectivity index (χ4n) is 2.04. The van der Waals surface area contributed by atoms with E-state index < -0.39 is 15.8 Å². The fourth-order valence-corrected chi connectivity index (χ4v) is 2.84. The van der Waals surface area contributed by atoms with Crippen LogP contribution in [0, 0.1) is 0 Å². The topological polar surface area (TPSA) is 80.8 Å². The van der Waals surface area contributed by atoms with E-state index in [0.29, 0.717) is 18.7 Å². The van der Waals surface area contributed by atoms with Crippen LogP contribution in [0.15, 0.2) is 36.4 Å². The highest BCUT2D eigenvalue weighted by molar-refractivity contribution is 7.89. The molecule has 1 amide bonds. The maximum absolute atomic E-state index is 12.0. The number of sulfone groups is 1. The quantitative estimate of drug-likeness (QED) is 0.526. The number of rotatable bonds is 8. The SMILES string of the molecule is C=C(C)CN(CC)C(=O)COC(=O)c1ccc(CS(C)(=O)=O)cc1. The number of carbonyl (C=O) groups is 2. The van der Waals surface area contributed by atoms with Crippen LogP contribution in [0.1, 0.15) is 29.8 Å². The van der Waals surface area contributed by atoms with Gasteiger partial charge in [-0.15, -0.1) is 0 Å². The van der Waals surface area contributed by atoms with Gasteiger partial charge in [0.15, 0.2) is 16.4 Å². The number of hydrogen-bond acceptors (Lipinski definition) is 5. The van der Waals surface area contributed by atoms with Gasteiger partial charge in [-0.05, 0) is 31.5 Å². The van der Waals surface area contributed by atoms with Crippen LogP contribution in [-0.2, 0) is 25.1 Å². The van der Waals surface area contributed by atoms with Gasteiger partial charge in [-0.1, -0.05) is 24.3 Å². The van der Waals surface area contributed by atoms with Gasteiger partial charge in [0.25, 0.3) is 5.91 Å². The van der Waals surface area contributed by atoms with Gasteiger partial charge in [0.2, 0.25) is 0 Å². The normalized spacial score (nSPS) is 11.0. The highest BCUT2D eigenvalue weighted by Crippen LogP contribution is 2.09. The number of hydrogen-bond donors (Lipinski definition) is 0. The summed E-state index contributed by atoms with van der Waals surface area (Å²) in [5.41, 5.74) is 1.70. The summed E-state index contributed by atoms with van der Waals surface area (Å²) in [4.78, 5) is 25.5. The highest BCUT2D eigenvalue weighted by atomic mass is 32.2. The van der Waals surface area contributed by atoms with Gasteiger partial charge in [0.1, 0.15) is 0 Å². The molecule has 1 aromatic carbocycles. The summed E-state index contributed by atoms with van der Waals surface area (Å²) in [6.07, 6.45) is 1.14. The summed E-state index contributed by atoms with van der Waals surface area (Å²) in [6.45, 7) is 8.00. The molecule has 0 aliphatic rings. The van der Waals surface area contributed by atoms with Crippen molar-refractivity contribution < 1.29 is 22.7 Å². The molecule has 0 saturated carbocycles. The van der Waals surface area contributed by atoms with Crippen LogP contribution in [0.3, 0.4) is 0 Å². The number of carbonyl (C=O) groups excluding carboxylic acids is 2. The Bertz CT molecular complexity index is 707. The molecule has 0 heterocycles. The van der Waals surface area contributed by atoms with Crippen LogP contribution in [0.4, 0.5) is 0 Å². The molecule has 1 aromatic rings. The second-order valence-corrected chi connectivity index (χ2v) is 7.85. The van der Waals surface area contributed by atoms with E-state index >= 15 is 0 Å². The lowest BCUT2D eigenvalue weighted by Gasteiger charge is -2.20. The Balaban J connectivity index is 2.62. The predicted molar refractivity (Wildman–Crippen MR) is 92.3 cm³/mol. The van der Waals surface area contributed by atoms with Gasteiger partial charge < -0.3 is 9.64 Å². The molecule has 1 rings (SSSR count). The summed E-state index contributed by atoms with van der Waals surface area (Å²) in [5, 5.41) is 0. The van der Waals surface area contributed by atoms with E-state index in [-0.39, 0.29) is 23.8 Å². The largest absolute Gasteiger partial charge is 0.452 e. The molecule has 0 saturated heterocycles. The molecule has 0 unspecified atom stereocenters. The Morgan fingerprint density at radius 1 is 1.21 bits per heavy atom. The minimum absolute atomic E-state index is 0.0901. The average molecular weight is 353 g/mol. The molecular formula is C17H23NO5S. The average Bonchev–Trinajstić information content (AvgIpc) is 2.48. The fraction of sp³-hybridized carbons (Fsp3) is 0.412. The van der Waals surface area contributed by atoms with E-state index in [4.69, 9.17) is 4.74 Å². The molecule has 24 heavy (non-hydrogen) atoms. The first-order valence-corrected chi connectivity index (χ1v) is 9.54. The van der Waals surface area contributed by atoms with Crippen LogP contribution >= 0.6 is 0 Å². The van der Waals surface area contributed by atoms with E-state index in [2.05, 4.69) is 6.58 Å². The van der Waals surface area contributed by atoms with Gasteiger partial charge in [0.05, 0.1) is 11.3 Å². The minimum Gasteiger partial charge on any atom is -0.452 e. The third-order valence-corrected chi connectivity index (χ3v) is 4.00. The zero-order chi connectivity index (χ0) is 18.3. The van der Waals surface area contributed by atoms with E-state index in [1.165, 1.54) is 12.1 Å². The molecule has 132 valence electrons. The second kappa shape index (κ2) is 8.63. The van der Waals surface area contributed by atoms with Crippen LogP contribution < -0.4 is 0 Å². The first kappa shape index (κ1) is 19.9. The number of likely N-dealkylation sites (N-methyl/N-ethyl adjacent to an activating group) is 1. The molecular weight excluding hydrogens is 330 g/mol. The first-order chi connectivity index (χ1) is 11.1. The standard InChI is InChI=1S/C17H23NO5S/c1-5-18(10-13(2)3)16(19)11-23-17(20)15-8-6-14(7-9-15)12-24(4,21)22/h6-9H,2,5,10-12H2,1,3-4H3. The first-order valence-electron chi connectivity index (χ1n) is 7.48. The molecule has 0 aliphatic carbocycles. The molecule has 7 heteroatoms. The number of nitrogens with zero attached hydrogens (tertiary/aromatic N) is 1. The predicted octanol–water partition coefficient (Wildman–Crippen LogP) is 1.81. The molecule has 0 bridgehead atoms. The summed E-state index contributed by atoms with van der Waals surface area (Å²) in [5.74, 6) is -1.00. The van der Waals surface area contributed by atoms with Crippen molar-refractivity contribution in [1.82, 2.24) is 4.90 Å². The maximum atomic E-state index is 12.0. The molecule has 0 aliphatic heterocycles. The third-order valence-electron chi connectivity index (χ3n) is 3.14. The van der Waals surface area contributed by atoms with Gasteiger partial charge in [0, 0.05) is 19.3 Å². The Morgan fingerprint density at radius 3 is 2.25 bits per heavy atom. The zero-order valence-electron chi connectivity index (χ0n) is 14.2. The van der Waals surface area contributed by atoms with Crippen molar-refractivity contribution in [3.63, 3.8) is 0 Å². The van der Waals surface area contributed by atoms with E-state index in [0.717, 1.165) is 11.8 Å². The highest BCUT2D eigenvalue weighted by Gasteiger charge is 2.15. The van der Waals surface area contributed by atoms with E-state index in [1.807, 2.05) is 13.8 Å². The maximum Gasteiger partial charge on any atom is 0.338 e. The van der Waals surface area contributed by atoms with Crippen molar-refractivity contribution in [3.05, 3.63) is 47.5 Å². The lowest BCUT2D eigenvalue weighted by atomic mass is 10.1. The molecule has 0 spiro atoms. The van der Waals surface area contributed by atoms with Gasteiger partial charge in [-0.25, -0.2) is 13.2 Å². The number of ether oxygens (including phenoxy) is 1. The lowest BCUT2D eigenvalue weighted by Crippen LogP contribution is -2.35. The van der Waals surface area contributed by atoms with Crippen LogP contribution in [0.5, 0.6) is 0 Å². The van der Waals surface area contributed by atoms with Crippen molar-refractivity contribution >= 4 is 21.7 Å². The Hall–Kier alpha value is -2.15. The van der Waals surface area contributed by atoms with E-state index in [1.54, 1.807) is 17.0 Å². The smallest absolute Gasteiger partial charge is 0.338 e. The number of esters is 1. The minimum atomic E-state index is -3.13. The second-order valence-electron chi connectivity index (χ2n) is 5.71. The summed E-state index contributed by atoms with van der Waals surface area (Å²) in [6, 6.07) is 6.08. The van der Waals surface area contributed by atoms with Crippen molar-refractivity contribution in [2.45, 2.75) is 19.6 Å². The van der Waals surface area contributed by atoms with Gasteiger partial charge in [-0.2, -0.15) is 0 Å². The van der Waals surface area contributed by atoms with Crippen molar-refractivity contribution in [3.8, 4) is 0 Å². The van der Waals surface area contributed by atoms with Crippen molar-refractivity contribution in [2.75, 3.05) is 26.0 Å². The third kappa shape index (κ3) is 6.95. The van der Waals surface area contributed by atoms with Crippen LogP contribution in [-0.4, -0.2) is 51.1 Å². The number of amides is 1. The molecule has 0 aromatic heterocycles. The van der Waals surface area contributed by atoms with Gasteiger partial charge >= 0.3 is 5.97 Å². The van der Waals surface area contributed by atoms with Crippen LogP contribution in [0.25, 0.3) is 0 Å². The summed E-state index contributed by atoms with van der Waals surface area (Å²) in [7, 11) is -3.13. The Kier molecular flexibility index (Phi) is 7.16. The molecule has 0 N–H and O–H groups in total. The molecule has 6 nitrogen and oxygen atoms in total. The Morgan fingerprint density at radius 2 is 1.79 bits per heavy atom. The summed E-state index contributed by atoms with van der Waals surface area (Å²) < 4.78 is 27.5. The van der Waals surface area contributed by atoms with Crippen molar-refractivity contribution in [1.29, 1.82) is 0 Å². The van der Waals surface area contributed by atoms with Crippen molar-refractivity contribution in [2.24, 2.45) is 0 Å². The molecule has 0 fully saturated rings. The molecule has 0 atom stereocenters. The monoisotopic (exact) mass is 353 g/mol. The summed E-state index contributed by atoms with van der Waals surface area (Å²) >= 11 is 0. The Labute approximate surface area is 143 Å². The number of benzene rings is 1. The van der Waals surface area contributed by atoms with E-state index in [9.17, 15) is 18.0 Å². The lowest BCUT2D eigenvalue weighted by molar-refractivity contribution is -0.133. The van der Waals surface area contributed by atoms with Crippen LogP contribution in [0.2, 0.25) is 0 Å².